The second-order valence-electron chi connectivity index (χ2n) is 8.54. The first-order valence-electron chi connectivity index (χ1n) is 10.4. The van der Waals surface area contributed by atoms with Gasteiger partial charge in [-0.05, 0) is 36.8 Å². The van der Waals surface area contributed by atoms with E-state index in [2.05, 4.69) is 0 Å². The van der Waals surface area contributed by atoms with Gasteiger partial charge in [0, 0.05) is 0 Å². The zero-order chi connectivity index (χ0) is 21.4. The molecule has 2 aromatic rings. The second kappa shape index (κ2) is 7.69. The van der Waals surface area contributed by atoms with Crippen molar-refractivity contribution in [1.82, 2.24) is 4.90 Å². The fraction of sp³-hybridized carbons (Fsp3) is 0.375. The minimum absolute atomic E-state index is 0.240. The first kappa shape index (κ1) is 20.3. The molecule has 156 valence electrons. The summed E-state index contributed by atoms with van der Waals surface area (Å²) >= 11 is 0. The van der Waals surface area contributed by atoms with E-state index in [1.807, 2.05) is 60.7 Å². The summed E-state index contributed by atoms with van der Waals surface area (Å²) in [6, 6.07) is 17.8. The number of amides is 4. The summed E-state index contributed by atoms with van der Waals surface area (Å²) in [6.07, 6.45) is 2.88. The molecule has 2 aliphatic rings. The number of likely N-dealkylation sites (tertiary alicyclic amines) is 1. The summed E-state index contributed by atoms with van der Waals surface area (Å²) in [7, 11) is 0. The summed E-state index contributed by atoms with van der Waals surface area (Å²) in [5, 5.41) is 11.5. The number of hydrogen-bond donors (Lipinski definition) is 2. The first-order chi connectivity index (χ1) is 14.4. The minimum Gasteiger partial charge on any atom is -0.389 e. The molecule has 0 bridgehead atoms. The number of imide groups is 3. The van der Waals surface area contributed by atoms with Gasteiger partial charge in [0.2, 0.25) is 11.8 Å². The lowest BCUT2D eigenvalue weighted by molar-refractivity contribution is -0.141. The van der Waals surface area contributed by atoms with Gasteiger partial charge in [-0.25, -0.2) is 4.79 Å². The summed E-state index contributed by atoms with van der Waals surface area (Å²) in [5.74, 6) is -2.31. The van der Waals surface area contributed by atoms with Gasteiger partial charge in [-0.2, -0.15) is 4.90 Å². The van der Waals surface area contributed by atoms with Gasteiger partial charge in [0.25, 0.3) is 0 Å². The van der Waals surface area contributed by atoms with Gasteiger partial charge in [0.05, 0.1) is 16.9 Å². The highest BCUT2D eigenvalue weighted by Gasteiger charge is 2.66. The Kier molecular flexibility index (Phi) is 5.20. The molecule has 30 heavy (non-hydrogen) atoms. The molecule has 3 N–H and O–H groups in total. The molecule has 1 aliphatic heterocycles. The van der Waals surface area contributed by atoms with E-state index < -0.39 is 34.8 Å². The van der Waals surface area contributed by atoms with E-state index >= 15 is 0 Å². The molecule has 0 spiro atoms. The van der Waals surface area contributed by atoms with Crippen molar-refractivity contribution < 1.29 is 19.5 Å². The lowest BCUT2D eigenvalue weighted by Crippen LogP contribution is -2.50. The molecule has 1 unspecified atom stereocenters. The topological polar surface area (TPSA) is 101 Å². The molecule has 2 fully saturated rings. The van der Waals surface area contributed by atoms with Crippen LogP contribution in [-0.4, -0.2) is 33.5 Å². The Morgan fingerprint density at radius 3 is 1.83 bits per heavy atom. The third-order valence-electron chi connectivity index (χ3n) is 6.60. The van der Waals surface area contributed by atoms with E-state index in [0.717, 1.165) is 24.0 Å². The Labute approximate surface area is 175 Å². The van der Waals surface area contributed by atoms with E-state index in [1.165, 1.54) is 0 Å². The van der Waals surface area contributed by atoms with Gasteiger partial charge < -0.3 is 10.8 Å². The molecule has 6 nitrogen and oxygen atoms in total. The number of nitrogens with two attached hydrogens (primary N) is 1. The molecule has 4 amide bonds. The van der Waals surface area contributed by atoms with Crippen molar-refractivity contribution in [2.45, 2.75) is 44.1 Å². The van der Waals surface area contributed by atoms with Crippen molar-refractivity contribution in [2.75, 3.05) is 0 Å². The predicted molar refractivity (Wildman–Crippen MR) is 111 cm³/mol. The largest absolute Gasteiger partial charge is 0.389 e. The normalized spacial score (nSPS) is 22.4. The maximum absolute atomic E-state index is 13.7. The van der Waals surface area contributed by atoms with Gasteiger partial charge in [-0.1, -0.05) is 73.5 Å². The first-order valence-corrected chi connectivity index (χ1v) is 10.4. The van der Waals surface area contributed by atoms with Crippen LogP contribution in [0.3, 0.4) is 0 Å². The van der Waals surface area contributed by atoms with Gasteiger partial charge in [-0.3, -0.25) is 9.59 Å². The summed E-state index contributed by atoms with van der Waals surface area (Å²) in [4.78, 5) is 39.7. The quantitative estimate of drug-likeness (QED) is 0.746. The van der Waals surface area contributed by atoms with Gasteiger partial charge in [-0.15, -0.1) is 0 Å². The van der Waals surface area contributed by atoms with Crippen LogP contribution in [-0.2, 0) is 22.4 Å². The number of carbonyl (C=O) groups excluding carboxylic acids is 3. The monoisotopic (exact) mass is 406 g/mol. The maximum Gasteiger partial charge on any atom is 0.328 e. The number of urea groups is 1. The third-order valence-corrected chi connectivity index (χ3v) is 6.60. The molecule has 0 radical (unpaired) electrons. The Bertz CT molecular complexity index is 910. The number of hydrogen-bond acceptors (Lipinski definition) is 4. The van der Waals surface area contributed by atoms with Crippen LogP contribution in [0.1, 0.15) is 36.8 Å². The van der Waals surface area contributed by atoms with E-state index in [9.17, 15) is 19.5 Å². The maximum atomic E-state index is 13.7. The van der Waals surface area contributed by atoms with Crippen LogP contribution in [0, 0.1) is 11.3 Å². The number of carbonyl (C=O) groups is 3. The van der Waals surface area contributed by atoms with Crippen LogP contribution < -0.4 is 5.73 Å². The van der Waals surface area contributed by atoms with Crippen LogP contribution in [0.4, 0.5) is 4.79 Å². The van der Waals surface area contributed by atoms with Crippen molar-refractivity contribution in [2.24, 2.45) is 17.1 Å². The molecule has 1 aliphatic carbocycles. The number of aliphatic hydroxyl groups is 1. The van der Waals surface area contributed by atoms with E-state index in [-0.39, 0.29) is 12.8 Å². The van der Waals surface area contributed by atoms with Gasteiger partial charge in [0.15, 0.2) is 0 Å². The fourth-order valence-corrected chi connectivity index (χ4v) is 5.38. The third kappa shape index (κ3) is 3.31. The van der Waals surface area contributed by atoms with Crippen molar-refractivity contribution in [3.8, 4) is 0 Å². The predicted octanol–water partition coefficient (Wildman–Crippen LogP) is 2.83. The van der Waals surface area contributed by atoms with E-state index in [1.54, 1.807) is 0 Å². The van der Waals surface area contributed by atoms with Crippen LogP contribution in [0.2, 0.25) is 0 Å². The number of rotatable bonds is 5. The summed E-state index contributed by atoms with van der Waals surface area (Å²) in [5.41, 5.74) is 4.57. The Hall–Kier alpha value is -2.99. The highest BCUT2D eigenvalue weighted by molar-refractivity contribution is 6.18. The van der Waals surface area contributed by atoms with Crippen molar-refractivity contribution >= 4 is 17.8 Å². The van der Waals surface area contributed by atoms with Crippen LogP contribution >= 0.6 is 0 Å². The number of benzene rings is 2. The lowest BCUT2D eigenvalue weighted by atomic mass is 9.62. The average molecular weight is 406 g/mol. The summed E-state index contributed by atoms with van der Waals surface area (Å²) < 4.78 is 0. The molecular weight excluding hydrogens is 380 g/mol. The SMILES string of the molecule is NC(=O)N1C(=O)C(C2(O)CCCC2)C(Cc2ccccc2)(Cc2ccccc2)C1=O. The van der Waals surface area contributed by atoms with Crippen LogP contribution in [0.15, 0.2) is 60.7 Å². The standard InChI is InChI=1S/C24H26N2O4/c25-22(29)26-20(27)19(24(30)13-7-8-14-24)23(21(26)28,15-17-9-3-1-4-10-17)16-18-11-5-2-6-12-18/h1-6,9-12,19,30H,7-8,13-16H2,(H2,25,29). The highest BCUT2D eigenvalue weighted by atomic mass is 16.3. The van der Waals surface area contributed by atoms with Crippen molar-refractivity contribution in [3.05, 3.63) is 71.8 Å². The smallest absolute Gasteiger partial charge is 0.328 e. The molecular formula is C24H26N2O4. The zero-order valence-corrected chi connectivity index (χ0v) is 16.8. The van der Waals surface area contributed by atoms with E-state index in [0.29, 0.717) is 17.7 Å². The number of primary amides is 1. The Balaban J connectivity index is 1.89. The van der Waals surface area contributed by atoms with Crippen molar-refractivity contribution in [1.29, 1.82) is 0 Å². The molecule has 2 aromatic carbocycles. The highest BCUT2D eigenvalue weighted by Crippen LogP contribution is 2.53. The van der Waals surface area contributed by atoms with Crippen LogP contribution in [0.5, 0.6) is 0 Å². The van der Waals surface area contributed by atoms with Crippen molar-refractivity contribution in [3.63, 3.8) is 0 Å². The molecule has 4 rings (SSSR count). The lowest BCUT2D eigenvalue weighted by Gasteiger charge is -2.39. The number of nitrogens with zero attached hydrogens (tertiary/aromatic N) is 1. The fourth-order valence-electron chi connectivity index (χ4n) is 5.38. The molecule has 1 saturated heterocycles. The molecule has 1 heterocycles. The summed E-state index contributed by atoms with van der Waals surface area (Å²) in [6.45, 7) is 0. The Morgan fingerprint density at radius 2 is 1.40 bits per heavy atom. The van der Waals surface area contributed by atoms with Gasteiger partial charge >= 0.3 is 6.03 Å². The second-order valence-corrected chi connectivity index (χ2v) is 8.54. The Morgan fingerprint density at radius 1 is 0.933 bits per heavy atom. The molecule has 6 heteroatoms. The molecule has 1 saturated carbocycles. The van der Waals surface area contributed by atoms with E-state index in [4.69, 9.17) is 5.73 Å². The van der Waals surface area contributed by atoms with Crippen LogP contribution in [0.25, 0.3) is 0 Å². The minimum atomic E-state index is -1.33. The molecule has 1 atom stereocenters. The zero-order valence-electron chi connectivity index (χ0n) is 16.8. The van der Waals surface area contributed by atoms with Gasteiger partial charge in [0.1, 0.15) is 0 Å². The molecule has 0 aromatic heterocycles. The average Bonchev–Trinajstić information content (AvgIpc) is 3.24.